The third-order valence-corrected chi connectivity index (χ3v) is 4.05. The molecule has 0 aromatic rings. The van der Waals surface area contributed by atoms with Gasteiger partial charge in [0.2, 0.25) is 5.91 Å². The van der Waals surface area contributed by atoms with E-state index in [4.69, 9.17) is 5.26 Å². The molecule has 2 saturated heterocycles. The average molecular weight is 220 g/mol. The molecule has 3 rings (SSSR count). The van der Waals surface area contributed by atoms with Crippen LogP contribution in [0, 0.1) is 23.2 Å². The van der Waals surface area contributed by atoms with Gasteiger partial charge in [0.1, 0.15) is 6.17 Å². The molecule has 3 fully saturated rings. The summed E-state index contributed by atoms with van der Waals surface area (Å²) in [5.41, 5.74) is 3.28. The summed E-state index contributed by atoms with van der Waals surface area (Å²) < 4.78 is 0. The predicted octanol–water partition coefficient (Wildman–Crippen LogP) is -0.0389. The Bertz CT molecular complexity index is 350. The molecule has 2 N–H and O–H groups in total. The van der Waals surface area contributed by atoms with E-state index in [1.165, 1.54) is 6.42 Å². The zero-order valence-corrected chi connectivity index (χ0v) is 9.15. The van der Waals surface area contributed by atoms with Crippen LogP contribution in [0.5, 0.6) is 0 Å². The molecule has 16 heavy (non-hydrogen) atoms. The maximum atomic E-state index is 12.0. The molecule has 2 aliphatic heterocycles. The van der Waals surface area contributed by atoms with Crippen molar-refractivity contribution in [2.24, 2.45) is 11.8 Å². The predicted molar refractivity (Wildman–Crippen MR) is 56.6 cm³/mol. The van der Waals surface area contributed by atoms with Crippen LogP contribution >= 0.6 is 0 Å². The fourth-order valence-electron chi connectivity index (χ4n) is 3.22. The Morgan fingerprint density at radius 2 is 2.19 bits per heavy atom. The van der Waals surface area contributed by atoms with Gasteiger partial charge in [-0.3, -0.25) is 10.2 Å². The highest BCUT2D eigenvalue weighted by Crippen LogP contribution is 2.34. The van der Waals surface area contributed by atoms with Crippen molar-refractivity contribution < 1.29 is 4.79 Å². The summed E-state index contributed by atoms with van der Waals surface area (Å²) in [5, 5.41) is 14.1. The van der Waals surface area contributed by atoms with Crippen molar-refractivity contribution >= 4 is 5.91 Å². The highest BCUT2D eigenvalue weighted by atomic mass is 16.2. The molecule has 0 bridgehead atoms. The number of carbonyl (C=O) groups excluding carboxylic acids is 1. The van der Waals surface area contributed by atoms with Gasteiger partial charge in [0.15, 0.2) is 0 Å². The quantitative estimate of drug-likeness (QED) is 0.601. The van der Waals surface area contributed by atoms with E-state index < -0.39 is 0 Å². The number of nitrogens with zero attached hydrogens (tertiary/aromatic N) is 2. The molecule has 0 aromatic heterocycles. The molecular formula is C11H16N4O. The Hall–Kier alpha value is -1.12. The number of hydrazine groups is 1. The van der Waals surface area contributed by atoms with Crippen LogP contribution in [0.25, 0.3) is 0 Å². The number of hydrogen-bond donors (Lipinski definition) is 2. The standard InChI is InChI=1S/C11H16N4O/c12-5-7-6-13-15-9-4-2-1-3-8(9)11(16)14-10(7)15/h7-10,13H,1-4,6H2,(H,14,16). The summed E-state index contributed by atoms with van der Waals surface area (Å²) >= 11 is 0. The second kappa shape index (κ2) is 3.72. The lowest BCUT2D eigenvalue weighted by Crippen LogP contribution is -2.64. The number of carbonyl (C=O) groups is 1. The van der Waals surface area contributed by atoms with E-state index >= 15 is 0 Å². The smallest absolute Gasteiger partial charge is 0.226 e. The fraction of sp³-hybridized carbons (Fsp3) is 0.818. The Labute approximate surface area is 94.8 Å². The molecule has 5 nitrogen and oxygen atoms in total. The molecule has 86 valence electrons. The number of nitriles is 1. The van der Waals surface area contributed by atoms with Crippen LogP contribution in [0.2, 0.25) is 0 Å². The Kier molecular flexibility index (Phi) is 2.34. The van der Waals surface area contributed by atoms with Gasteiger partial charge >= 0.3 is 0 Å². The van der Waals surface area contributed by atoms with Gasteiger partial charge in [-0.05, 0) is 12.8 Å². The molecule has 5 heteroatoms. The summed E-state index contributed by atoms with van der Waals surface area (Å²) in [7, 11) is 0. The van der Waals surface area contributed by atoms with Gasteiger partial charge in [0.25, 0.3) is 0 Å². The monoisotopic (exact) mass is 220 g/mol. The zero-order chi connectivity index (χ0) is 11.1. The van der Waals surface area contributed by atoms with E-state index in [9.17, 15) is 4.79 Å². The Morgan fingerprint density at radius 3 is 3.00 bits per heavy atom. The first kappa shape index (κ1) is 10.1. The largest absolute Gasteiger partial charge is 0.338 e. The summed E-state index contributed by atoms with van der Waals surface area (Å²) in [5.74, 6) is 0.150. The lowest BCUT2D eigenvalue weighted by atomic mass is 9.81. The first-order valence-electron chi connectivity index (χ1n) is 6.03. The normalized spacial score (nSPS) is 43.1. The van der Waals surface area contributed by atoms with Crippen molar-refractivity contribution in [3.05, 3.63) is 0 Å². The third kappa shape index (κ3) is 1.34. The van der Waals surface area contributed by atoms with Crippen LogP contribution in [0.4, 0.5) is 0 Å². The van der Waals surface area contributed by atoms with Crippen molar-refractivity contribution in [2.75, 3.05) is 6.54 Å². The molecular weight excluding hydrogens is 204 g/mol. The molecule has 2 heterocycles. The van der Waals surface area contributed by atoms with E-state index in [1.54, 1.807) is 0 Å². The van der Waals surface area contributed by atoms with E-state index in [0.29, 0.717) is 12.6 Å². The van der Waals surface area contributed by atoms with Gasteiger partial charge in [-0.25, -0.2) is 5.01 Å². The van der Waals surface area contributed by atoms with Crippen molar-refractivity contribution in [1.29, 1.82) is 5.26 Å². The SMILES string of the molecule is N#CC1CNN2C3CCCCC3C(=O)NC12. The molecule has 0 aromatic carbocycles. The third-order valence-electron chi connectivity index (χ3n) is 4.05. The van der Waals surface area contributed by atoms with Crippen molar-refractivity contribution in [3.8, 4) is 6.07 Å². The summed E-state index contributed by atoms with van der Waals surface area (Å²) in [6.45, 7) is 0.657. The van der Waals surface area contributed by atoms with Crippen LogP contribution < -0.4 is 10.7 Å². The average Bonchev–Trinajstić information content (AvgIpc) is 2.72. The minimum atomic E-state index is -0.119. The van der Waals surface area contributed by atoms with E-state index in [1.807, 2.05) is 0 Å². The lowest BCUT2D eigenvalue weighted by molar-refractivity contribution is -0.139. The maximum Gasteiger partial charge on any atom is 0.226 e. The molecule has 3 aliphatic rings. The molecule has 4 unspecified atom stereocenters. The number of rotatable bonds is 0. The lowest BCUT2D eigenvalue weighted by Gasteiger charge is -2.44. The highest BCUT2D eigenvalue weighted by Gasteiger charge is 2.48. The first-order chi connectivity index (χ1) is 7.81. The summed E-state index contributed by atoms with van der Waals surface area (Å²) in [6, 6.07) is 2.56. The van der Waals surface area contributed by atoms with E-state index in [-0.39, 0.29) is 23.9 Å². The van der Waals surface area contributed by atoms with Gasteiger partial charge in [-0.1, -0.05) is 12.8 Å². The summed E-state index contributed by atoms with van der Waals surface area (Å²) in [6.07, 6.45) is 4.28. The van der Waals surface area contributed by atoms with Crippen LogP contribution in [0.1, 0.15) is 25.7 Å². The minimum Gasteiger partial charge on any atom is -0.338 e. The van der Waals surface area contributed by atoms with Gasteiger partial charge in [0.05, 0.1) is 17.9 Å². The minimum absolute atomic E-state index is 0.114. The molecule has 1 saturated carbocycles. The molecule has 0 spiro atoms. The van der Waals surface area contributed by atoms with Gasteiger partial charge in [0, 0.05) is 12.6 Å². The van der Waals surface area contributed by atoms with Gasteiger partial charge in [-0.15, -0.1) is 0 Å². The number of fused-ring (bicyclic) bond motifs is 3. The Balaban J connectivity index is 1.86. The highest BCUT2D eigenvalue weighted by molar-refractivity contribution is 5.80. The number of hydrogen-bond acceptors (Lipinski definition) is 4. The molecule has 0 radical (unpaired) electrons. The van der Waals surface area contributed by atoms with Crippen molar-refractivity contribution in [3.63, 3.8) is 0 Å². The van der Waals surface area contributed by atoms with Gasteiger partial charge < -0.3 is 5.32 Å². The van der Waals surface area contributed by atoms with Crippen molar-refractivity contribution in [1.82, 2.24) is 15.8 Å². The maximum absolute atomic E-state index is 12.0. The second-order valence-electron chi connectivity index (χ2n) is 4.92. The van der Waals surface area contributed by atoms with E-state index in [2.05, 4.69) is 21.8 Å². The molecule has 4 atom stereocenters. The number of nitrogens with one attached hydrogen (secondary N) is 2. The summed E-state index contributed by atoms with van der Waals surface area (Å²) in [4.78, 5) is 12.0. The van der Waals surface area contributed by atoms with Gasteiger partial charge in [-0.2, -0.15) is 5.26 Å². The van der Waals surface area contributed by atoms with Crippen LogP contribution in [0.15, 0.2) is 0 Å². The zero-order valence-electron chi connectivity index (χ0n) is 9.15. The van der Waals surface area contributed by atoms with Crippen LogP contribution in [-0.4, -0.2) is 29.7 Å². The van der Waals surface area contributed by atoms with Crippen LogP contribution in [0.3, 0.4) is 0 Å². The second-order valence-corrected chi connectivity index (χ2v) is 4.92. The molecule has 1 amide bonds. The first-order valence-corrected chi connectivity index (χ1v) is 6.03. The molecule has 1 aliphatic carbocycles. The van der Waals surface area contributed by atoms with Crippen molar-refractivity contribution in [2.45, 2.75) is 37.9 Å². The van der Waals surface area contributed by atoms with E-state index in [0.717, 1.165) is 19.3 Å². The topological polar surface area (TPSA) is 68.2 Å². The number of amides is 1. The van der Waals surface area contributed by atoms with Crippen LogP contribution in [-0.2, 0) is 4.79 Å². The fourth-order valence-corrected chi connectivity index (χ4v) is 3.22. The Morgan fingerprint density at radius 1 is 1.38 bits per heavy atom.